The van der Waals surface area contributed by atoms with Gasteiger partial charge in [-0.1, -0.05) is 13.8 Å². The number of nitrogen functional groups attached to an aromatic ring is 1. The van der Waals surface area contributed by atoms with Gasteiger partial charge in [0.05, 0.1) is 5.76 Å². The monoisotopic (exact) mass is 240 g/mol. The second-order valence-electron chi connectivity index (χ2n) is 2.76. The lowest BCUT2D eigenvalue weighted by Crippen LogP contribution is -1.98. The molecule has 1 heterocycles. The van der Waals surface area contributed by atoms with E-state index in [1.165, 1.54) is 0 Å². The van der Waals surface area contributed by atoms with E-state index in [1.807, 2.05) is 46.1 Å². The van der Waals surface area contributed by atoms with Gasteiger partial charge in [0.2, 0.25) is 0 Å². The first-order valence-corrected chi connectivity index (χ1v) is 6.50. The van der Waals surface area contributed by atoms with Crippen LogP contribution in [0.3, 0.4) is 0 Å². The van der Waals surface area contributed by atoms with E-state index in [-0.39, 0.29) is 0 Å². The Kier molecular flexibility index (Phi) is 7.46. The topological polar surface area (TPSA) is 48.1 Å². The molecule has 90 valence electrons. The molecule has 4 heteroatoms. The maximum Gasteiger partial charge on any atom is 0.170 e. The van der Waals surface area contributed by atoms with Crippen LogP contribution in [0.2, 0.25) is 0 Å². The molecule has 0 aromatic carbocycles. The van der Waals surface area contributed by atoms with Crippen molar-refractivity contribution in [3.8, 4) is 5.75 Å². The molecule has 2 N–H and O–H groups in total. The molecule has 0 atom stereocenters. The van der Waals surface area contributed by atoms with E-state index in [0.717, 1.165) is 10.7 Å². The van der Waals surface area contributed by atoms with Gasteiger partial charge < -0.3 is 10.5 Å². The molecule has 1 aromatic rings. The quantitative estimate of drug-likeness (QED) is 0.646. The predicted molar refractivity (Wildman–Crippen MR) is 71.8 cm³/mol. The van der Waals surface area contributed by atoms with Crippen molar-refractivity contribution in [2.75, 3.05) is 12.0 Å². The van der Waals surface area contributed by atoms with Crippen LogP contribution in [0.25, 0.3) is 0 Å². The molecule has 0 aliphatic heterocycles. The van der Waals surface area contributed by atoms with Crippen LogP contribution in [-0.2, 0) is 0 Å². The smallest absolute Gasteiger partial charge is 0.170 e. The second-order valence-corrected chi connectivity index (χ2v) is 3.64. The molecule has 0 saturated heterocycles. The van der Waals surface area contributed by atoms with Crippen molar-refractivity contribution in [3.63, 3.8) is 0 Å². The molecule has 16 heavy (non-hydrogen) atoms. The molecule has 0 radical (unpaired) electrons. The Balaban J connectivity index is 0.00000106. The summed E-state index contributed by atoms with van der Waals surface area (Å²) >= 11 is 1.61. The molecule has 0 bridgehead atoms. The van der Waals surface area contributed by atoms with E-state index in [0.29, 0.717) is 11.6 Å². The number of hydrogen-bond donors (Lipinski definition) is 1. The zero-order chi connectivity index (χ0) is 12.6. The van der Waals surface area contributed by atoms with Crippen molar-refractivity contribution in [2.45, 2.75) is 32.6 Å². The number of rotatable bonds is 3. The summed E-state index contributed by atoms with van der Waals surface area (Å²) in [6, 6.07) is 1.89. The minimum absolute atomic E-state index is 0.420. The fourth-order valence-electron chi connectivity index (χ4n) is 0.863. The molecule has 0 aliphatic carbocycles. The zero-order valence-corrected chi connectivity index (χ0v) is 11.4. The van der Waals surface area contributed by atoms with Crippen LogP contribution in [-0.4, -0.2) is 11.2 Å². The van der Waals surface area contributed by atoms with Crippen molar-refractivity contribution in [3.05, 3.63) is 24.1 Å². The standard InChI is InChI=1S/C10H14N2OS.C2H6/c1-4-7(2)13-9-5-8(14-3)6-12-10(9)11;1-2/h4-6H,1-3H3,(H2,11,12);1-2H3/b7-4+;. The molecule has 0 aliphatic rings. The largest absolute Gasteiger partial charge is 0.458 e. The van der Waals surface area contributed by atoms with Gasteiger partial charge >= 0.3 is 0 Å². The Morgan fingerprint density at radius 3 is 2.62 bits per heavy atom. The number of aromatic nitrogens is 1. The average Bonchev–Trinajstić information content (AvgIpc) is 2.34. The minimum Gasteiger partial charge on any atom is -0.458 e. The van der Waals surface area contributed by atoms with E-state index in [4.69, 9.17) is 10.5 Å². The van der Waals surface area contributed by atoms with E-state index < -0.39 is 0 Å². The van der Waals surface area contributed by atoms with Crippen molar-refractivity contribution >= 4 is 17.6 Å². The number of pyridine rings is 1. The highest BCUT2D eigenvalue weighted by Gasteiger charge is 2.03. The SMILES string of the molecule is C/C=C(\C)Oc1cc(SC)cnc1N.CC. The van der Waals surface area contributed by atoms with Crippen LogP contribution in [0.5, 0.6) is 5.75 Å². The van der Waals surface area contributed by atoms with Crippen LogP contribution in [0.1, 0.15) is 27.7 Å². The van der Waals surface area contributed by atoms with E-state index in [2.05, 4.69) is 4.98 Å². The van der Waals surface area contributed by atoms with Gasteiger partial charge in [-0.25, -0.2) is 4.98 Å². The third kappa shape index (κ3) is 4.57. The van der Waals surface area contributed by atoms with Crippen molar-refractivity contribution in [2.24, 2.45) is 0 Å². The molecule has 3 nitrogen and oxygen atoms in total. The molecular formula is C12H20N2OS. The van der Waals surface area contributed by atoms with Crippen molar-refractivity contribution < 1.29 is 4.74 Å². The minimum atomic E-state index is 0.420. The summed E-state index contributed by atoms with van der Waals surface area (Å²) in [6.07, 6.45) is 5.60. The number of ether oxygens (including phenoxy) is 1. The lowest BCUT2D eigenvalue weighted by atomic mass is 10.4. The summed E-state index contributed by atoms with van der Waals surface area (Å²) < 4.78 is 5.50. The fraction of sp³-hybridized carbons (Fsp3) is 0.417. The Bertz CT molecular complexity index is 351. The van der Waals surface area contributed by atoms with Crippen LogP contribution >= 0.6 is 11.8 Å². The van der Waals surface area contributed by atoms with E-state index >= 15 is 0 Å². The zero-order valence-electron chi connectivity index (χ0n) is 10.6. The van der Waals surface area contributed by atoms with Crippen LogP contribution in [0.15, 0.2) is 29.0 Å². The highest BCUT2D eigenvalue weighted by atomic mass is 32.2. The molecule has 1 aromatic heterocycles. The van der Waals surface area contributed by atoms with Gasteiger partial charge in [-0.2, -0.15) is 0 Å². The highest BCUT2D eigenvalue weighted by molar-refractivity contribution is 7.98. The van der Waals surface area contributed by atoms with Crippen LogP contribution in [0, 0.1) is 0 Å². The maximum absolute atomic E-state index is 5.67. The molecule has 0 amide bonds. The van der Waals surface area contributed by atoms with Gasteiger partial charge in [-0.15, -0.1) is 11.8 Å². The van der Waals surface area contributed by atoms with Gasteiger partial charge in [0, 0.05) is 11.1 Å². The van der Waals surface area contributed by atoms with Crippen LogP contribution in [0.4, 0.5) is 5.82 Å². The van der Waals surface area contributed by atoms with Crippen LogP contribution < -0.4 is 10.5 Å². The third-order valence-corrected chi connectivity index (χ3v) is 2.46. The summed E-state index contributed by atoms with van der Waals surface area (Å²) in [5, 5.41) is 0. The number of nitrogens with zero attached hydrogens (tertiary/aromatic N) is 1. The first-order chi connectivity index (χ1) is 7.67. The van der Waals surface area contributed by atoms with Gasteiger partial charge in [-0.05, 0) is 32.2 Å². The molecule has 1 rings (SSSR count). The third-order valence-electron chi connectivity index (χ3n) is 1.77. The molecule has 0 spiro atoms. The van der Waals surface area contributed by atoms with Gasteiger partial charge in [0.25, 0.3) is 0 Å². The molecule has 0 unspecified atom stereocenters. The summed E-state index contributed by atoms with van der Waals surface area (Å²) in [5.41, 5.74) is 5.67. The Morgan fingerprint density at radius 2 is 2.12 bits per heavy atom. The Hall–Kier alpha value is -1.16. The summed E-state index contributed by atoms with van der Waals surface area (Å²) in [7, 11) is 0. The Labute approximate surface area is 102 Å². The first kappa shape index (κ1) is 14.8. The summed E-state index contributed by atoms with van der Waals surface area (Å²) in [5.74, 6) is 1.85. The normalized spacial score (nSPS) is 10.4. The summed E-state index contributed by atoms with van der Waals surface area (Å²) in [6.45, 7) is 7.79. The molecule has 0 fully saturated rings. The number of allylic oxidation sites excluding steroid dienone is 2. The Morgan fingerprint density at radius 1 is 1.50 bits per heavy atom. The summed E-state index contributed by atoms with van der Waals surface area (Å²) in [4.78, 5) is 5.08. The number of thioether (sulfide) groups is 1. The molecular weight excluding hydrogens is 220 g/mol. The number of nitrogens with two attached hydrogens (primary N) is 1. The highest BCUT2D eigenvalue weighted by Crippen LogP contribution is 2.26. The van der Waals surface area contributed by atoms with E-state index in [1.54, 1.807) is 18.0 Å². The second kappa shape index (κ2) is 8.05. The fourth-order valence-corrected chi connectivity index (χ4v) is 1.25. The molecule has 0 saturated carbocycles. The van der Waals surface area contributed by atoms with Gasteiger partial charge in [0.1, 0.15) is 0 Å². The lowest BCUT2D eigenvalue weighted by molar-refractivity contribution is 0.426. The number of anilines is 1. The van der Waals surface area contributed by atoms with Crippen molar-refractivity contribution in [1.29, 1.82) is 0 Å². The maximum atomic E-state index is 5.67. The first-order valence-electron chi connectivity index (χ1n) is 5.27. The van der Waals surface area contributed by atoms with Gasteiger partial charge in [0.15, 0.2) is 11.6 Å². The average molecular weight is 240 g/mol. The predicted octanol–water partition coefficient (Wildman–Crippen LogP) is 3.71. The van der Waals surface area contributed by atoms with Gasteiger partial charge in [-0.3, -0.25) is 0 Å². The van der Waals surface area contributed by atoms with E-state index in [9.17, 15) is 0 Å². The lowest BCUT2D eigenvalue weighted by Gasteiger charge is -2.08. The number of hydrogen-bond acceptors (Lipinski definition) is 4. The van der Waals surface area contributed by atoms with Crippen molar-refractivity contribution in [1.82, 2.24) is 4.98 Å².